The third kappa shape index (κ3) is 2.04. The fraction of sp³-hybridized carbons (Fsp3) is 0.231. The molecule has 0 spiro atoms. The van der Waals surface area contributed by atoms with Gasteiger partial charge >= 0.3 is 0 Å². The van der Waals surface area contributed by atoms with Crippen LogP contribution < -0.4 is 4.74 Å². The van der Waals surface area contributed by atoms with Crippen molar-refractivity contribution in [1.82, 2.24) is 4.98 Å². The summed E-state index contributed by atoms with van der Waals surface area (Å²) in [6.07, 6.45) is 3.99. The molecular formula is C13H15NO. The van der Waals surface area contributed by atoms with Crippen LogP contribution in [0.5, 0.6) is 5.75 Å². The summed E-state index contributed by atoms with van der Waals surface area (Å²) in [6.45, 7) is 2.20. The number of benzene rings is 1. The van der Waals surface area contributed by atoms with E-state index in [0.717, 1.165) is 5.75 Å². The summed E-state index contributed by atoms with van der Waals surface area (Å²) in [4.78, 5) is 3.08. The summed E-state index contributed by atoms with van der Waals surface area (Å²) < 4.78 is 5.13. The van der Waals surface area contributed by atoms with Gasteiger partial charge in [0, 0.05) is 18.3 Å². The Morgan fingerprint density at radius 2 is 1.80 bits per heavy atom. The molecule has 2 nitrogen and oxygen atoms in total. The van der Waals surface area contributed by atoms with Crippen LogP contribution in [0.15, 0.2) is 42.7 Å². The Labute approximate surface area is 89.9 Å². The smallest absolute Gasteiger partial charge is 0.118 e. The Hall–Kier alpha value is -1.70. The maximum Gasteiger partial charge on any atom is 0.118 e. The maximum absolute atomic E-state index is 5.13. The average molecular weight is 201 g/mol. The average Bonchev–Trinajstić information content (AvgIpc) is 2.82. The Morgan fingerprint density at radius 3 is 2.33 bits per heavy atom. The third-order valence-electron chi connectivity index (χ3n) is 2.74. The fourth-order valence-electron chi connectivity index (χ4n) is 1.69. The summed E-state index contributed by atoms with van der Waals surface area (Å²) in [5, 5.41) is 0. The zero-order valence-electron chi connectivity index (χ0n) is 9.03. The molecule has 0 saturated carbocycles. The molecule has 1 unspecified atom stereocenters. The van der Waals surface area contributed by atoms with E-state index in [9.17, 15) is 0 Å². The van der Waals surface area contributed by atoms with Gasteiger partial charge in [0.2, 0.25) is 0 Å². The molecule has 15 heavy (non-hydrogen) atoms. The first-order valence-electron chi connectivity index (χ1n) is 5.08. The van der Waals surface area contributed by atoms with Gasteiger partial charge in [-0.05, 0) is 29.3 Å². The number of aromatic amines is 1. The van der Waals surface area contributed by atoms with Crippen LogP contribution in [-0.4, -0.2) is 12.1 Å². The molecule has 0 amide bonds. The number of hydrogen-bond acceptors (Lipinski definition) is 1. The van der Waals surface area contributed by atoms with Crippen molar-refractivity contribution in [2.24, 2.45) is 0 Å². The highest BCUT2D eigenvalue weighted by Crippen LogP contribution is 2.25. The van der Waals surface area contributed by atoms with E-state index in [1.807, 2.05) is 24.5 Å². The normalized spacial score (nSPS) is 12.4. The standard InChI is InChI=1S/C13H15NO/c1-10(12-7-8-14-9-12)11-3-5-13(15-2)6-4-11/h3-10,14H,1-2H3. The number of ether oxygens (including phenoxy) is 1. The van der Waals surface area contributed by atoms with E-state index in [0.29, 0.717) is 5.92 Å². The van der Waals surface area contributed by atoms with E-state index < -0.39 is 0 Å². The van der Waals surface area contributed by atoms with Crippen LogP contribution in [0, 0.1) is 0 Å². The summed E-state index contributed by atoms with van der Waals surface area (Å²) in [7, 11) is 1.69. The maximum atomic E-state index is 5.13. The number of hydrogen-bond donors (Lipinski definition) is 1. The second kappa shape index (κ2) is 4.22. The largest absolute Gasteiger partial charge is 0.497 e. The summed E-state index contributed by atoms with van der Waals surface area (Å²) in [5.41, 5.74) is 2.61. The van der Waals surface area contributed by atoms with E-state index >= 15 is 0 Å². The lowest BCUT2D eigenvalue weighted by Crippen LogP contribution is -1.94. The number of nitrogens with one attached hydrogen (secondary N) is 1. The molecule has 2 aromatic rings. The van der Waals surface area contributed by atoms with E-state index in [2.05, 4.69) is 30.1 Å². The van der Waals surface area contributed by atoms with Gasteiger partial charge in [-0.2, -0.15) is 0 Å². The molecule has 2 rings (SSSR count). The van der Waals surface area contributed by atoms with Crippen LogP contribution in [0.4, 0.5) is 0 Å². The van der Waals surface area contributed by atoms with Crippen molar-refractivity contribution >= 4 is 0 Å². The number of aromatic nitrogens is 1. The van der Waals surface area contributed by atoms with Gasteiger partial charge in [0.05, 0.1) is 7.11 Å². The van der Waals surface area contributed by atoms with Crippen molar-refractivity contribution in [1.29, 1.82) is 0 Å². The molecular weight excluding hydrogens is 186 g/mol. The number of H-pyrrole nitrogens is 1. The van der Waals surface area contributed by atoms with Crippen LogP contribution in [0.25, 0.3) is 0 Å². The molecule has 2 heteroatoms. The topological polar surface area (TPSA) is 25.0 Å². The fourth-order valence-corrected chi connectivity index (χ4v) is 1.69. The minimum Gasteiger partial charge on any atom is -0.497 e. The first-order valence-corrected chi connectivity index (χ1v) is 5.08. The van der Waals surface area contributed by atoms with Gasteiger partial charge in [-0.25, -0.2) is 0 Å². The Balaban J connectivity index is 2.22. The molecule has 1 atom stereocenters. The Kier molecular flexibility index (Phi) is 2.77. The Bertz CT molecular complexity index is 403. The predicted molar refractivity (Wildman–Crippen MR) is 61.3 cm³/mol. The molecule has 0 aliphatic carbocycles. The molecule has 1 heterocycles. The second-order valence-electron chi connectivity index (χ2n) is 3.64. The van der Waals surface area contributed by atoms with Gasteiger partial charge in [-0.1, -0.05) is 19.1 Å². The molecule has 0 fully saturated rings. The van der Waals surface area contributed by atoms with Crippen LogP contribution in [0.2, 0.25) is 0 Å². The highest BCUT2D eigenvalue weighted by Gasteiger charge is 2.08. The molecule has 1 N–H and O–H groups in total. The van der Waals surface area contributed by atoms with E-state index in [1.165, 1.54) is 11.1 Å². The Morgan fingerprint density at radius 1 is 1.07 bits per heavy atom. The highest BCUT2D eigenvalue weighted by molar-refractivity contribution is 5.34. The summed E-state index contributed by atoms with van der Waals surface area (Å²) in [5.74, 6) is 1.32. The quantitative estimate of drug-likeness (QED) is 0.810. The highest BCUT2D eigenvalue weighted by atomic mass is 16.5. The first kappa shape index (κ1) is 9.84. The second-order valence-corrected chi connectivity index (χ2v) is 3.64. The molecule has 78 valence electrons. The van der Waals surface area contributed by atoms with Crippen molar-refractivity contribution in [2.75, 3.05) is 7.11 Å². The zero-order chi connectivity index (χ0) is 10.7. The van der Waals surface area contributed by atoms with Crippen LogP contribution in [0.3, 0.4) is 0 Å². The van der Waals surface area contributed by atoms with Gasteiger partial charge in [-0.3, -0.25) is 0 Å². The molecule has 0 aliphatic heterocycles. The van der Waals surface area contributed by atoms with Crippen molar-refractivity contribution in [2.45, 2.75) is 12.8 Å². The van der Waals surface area contributed by atoms with Gasteiger partial charge in [0.1, 0.15) is 5.75 Å². The van der Waals surface area contributed by atoms with Crippen molar-refractivity contribution in [3.63, 3.8) is 0 Å². The molecule has 0 saturated heterocycles. The van der Waals surface area contributed by atoms with Crippen molar-refractivity contribution in [3.05, 3.63) is 53.9 Å². The monoisotopic (exact) mass is 201 g/mol. The molecule has 1 aromatic heterocycles. The summed E-state index contributed by atoms with van der Waals surface area (Å²) in [6, 6.07) is 10.3. The number of methoxy groups -OCH3 is 1. The van der Waals surface area contributed by atoms with Gasteiger partial charge in [-0.15, -0.1) is 0 Å². The lowest BCUT2D eigenvalue weighted by Gasteiger charge is -2.10. The van der Waals surface area contributed by atoms with E-state index in [1.54, 1.807) is 7.11 Å². The van der Waals surface area contributed by atoms with Crippen LogP contribution in [-0.2, 0) is 0 Å². The molecule has 1 aromatic carbocycles. The minimum absolute atomic E-state index is 0.419. The van der Waals surface area contributed by atoms with Gasteiger partial charge in [0.25, 0.3) is 0 Å². The zero-order valence-corrected chi connectivity index (χ0v) is 9.03. The summed E-state index contributed by atoms with van der Waals surface area (Å²) >= 11 is 0. The lowest BCUT2D eigenvalue weighted by molar-refractivity contribution is 0.414. The first-order chi connectivity index (χ1) is 7.31. The van der Waals surface area contributed by atoms with Crippen molar-refractivity contribution in [3.8, 4) is 5.75 Å². The molecule has 0 aliphatic rings. The molecule has 0 radical (unpaired) electrons. The van der Waals surface area contributed by atoms with Gasteiger partial charge < -0.3 is 9.72 Å². The van der Waals surface area contributed by atoms with Gasteiger partial charge in [0.15, 0.2) is 0 Å². The van der Waals surface area contributed by atoms with Crippen LogP contribution in [0.1, 0.15) is 24.0 Å². The number of rotatable bonds is 3. The van der Waals surface area contributed by atoms with E-state index in [-0.39, 0.29) is 0 Å². The minimum atomic E-state index is 0.419. The predicted octanol–water partition coefficient (Wildman–Crippen LogP) is 3.18. The van der Waals surface area contributed by atoms with E-state index in [4.69, 9.17) is 4.74 Å². The SMILES string of the molecule is COc1ccc(C(C)c2cc[nH]c2)cc1. The lowest BCUT2D eigenvalue weighted by atomic mass is 9.95. The van der Waals surface area contributed by atoms with Crippen LogP contribution >= 0.6 is 0 Å². The van der Waals surface area contributed by atoms with Crippen molar-refractivity contribution < 1.29 is 4.74 Å². The molecule has 0 bridgehead atoms. The third-order valence-corrected chi connectivity index (χ3v) is 2.74.